The molecule has 0 spiro atoms. The highest BCUT2D eigenvalue weighted by Crippen LogP contribution is 2.16. The average molecular weight is 320 g/mol. The Kier molecular flexibility index (Phi) is 4.47. The van der Waals surface area contributed by atoms with Crippen LogP contribution in [-0.4, -0.2) is 28.3 Å². The van der Waals surface area contributed by atoms with Crippen LogP contribution in [0, 0.1) is 5.41 Å². The number of hydrogen-bond donors (Lipinski definition) is 3. The third-order valence-electron chi connectivity index (χ3n) is 2.83. The number of imidazole rings is 1. The van der Waals surface area contributed by atoms with E-state index in [9.17, 15) is 4.79 Å². The maximum absolute atomic E-state index is 11.8. The molecule has 0 saturated carbocycles. The van der Waals surface area contributed by atoms with Crippen LogP contribution < -0.4 is 11.1 Å². The summed E-state index contributed by atoms with van der Waals surface area (Å²) in [6.07, 6.45) is 3.47. The van der Waals surface area contributed by atoms with Crippen LogP contribution in [0.4, 0.5) is 0 Å². The lowest BCUT2D eigenvalue weighted by atomic mass is 10.3. The molecule has 0 aliphatic rings. The molecule has 2 aromatic rings. The van der Waals surface area contributed by atoms with E-state index >= 15 is 0 Å². The molecule has 0 saturated heterocycles. The number of hydrogen-bond acceptors (Lipinski definition) is 5. The molecule has 2 heterocycles. The summed E-state index contributed by atoms with van der Waals surface area (Å²) < 4.78 is 6.41. The molecule has 0 bridgehead atoms. The van der Waals surface area contributed by atoms with Crippen LogP contribution in [0.3, 0.4) is 0 Å². The number of pyridine rings is 1. The van der Waals surface area contributed by atoms with E-state index in [2.05, 4.69) is 21.6 Å². The Hall–Kier alpha value is -2.80. The molecule has 0 radical (unpaired) electrons. The summed E-state index contributed by atoms with van der Waals surface area (Å²) in [5, 5.41) is 9.80. The molecule has 0 aromatic carbocycles. The fraction of sp³-hybridized carbons (Fsp3) is 0.0714. The van der Waals surface area contributed by atoms with Crippen molar-refractivity contribution in [3.05, 3.63) is 53.7 Å². The van der Waals surface area contributed by atoms with Crippen LogP contribution in [0.5, 0.6) is 0 Å². The van der Waals surface area contributed by atoms with Crippen LogP contribution in [-0.2, 0) is 9.53 Å². The smallest absolute Gasteiger partial charge is 0.356 e. The molecule has 7 nitrogen and oxygen atoms in total. The monoisotopic (exact) mass is 319 g/mol. The number of nitrogens with one attached hydrogen (secondary N) is 2. The van der Waals surface area contributed by atoms with Crippen molar-refractivity contribution in [3.8, 4) is 0 Å². The van der Waals surface area contributed by atoms with E-state index in [1.165, 1.54) is 7.11 Å². The number of methoxy groups -OCH3 is 1. The van der Waals surface area contributed by atoms with Gasteiger partial charge in [0.2, 0.25) is 0 Å². The number of nitrogens with two attached hydrogens (primary N) is 1. The van der Waals surface area contributed by atoms with Crippen LogP contribution in [0.15, 0.2) is 47.9 Å². The van der Waals surface area contributed by atoms with E-state index in [0.29, 0.717) is 11.5 Å². The first-order valence-corrected chi connectivity index (χ1v) is 6.54. The Labute approximate surface area is 131 Å². The molecule has 8 heteroatoms. The van der Waals surface area contributed by atoms with Gasteiger partial charge in [0.15, 0.2) is 5.82 Å². The molecule has 0 unspecified atom stereocenters. The maximum Gasteiger partial charge on any atom is 0.356 e. The van der Waals surface area contributed by atoms with E-state index in [4.69, 9.17) is 22.7 Å². The van der Waals surface area contributed by atoms with Crippen molar-refractivity contribution >= 4 is 34.6 Å². The quantitative estimate of drug-likeness (QED) is 0.335. The van der Waals surface area contributed by atoms with Crippen molar-refractivity contribution in [3.63, 3.8) is 0 Å². The Morgan fingerprint density at radius 1 is 1.55 bits per heavy atom. The Balaban J connectivity index is 2.39. The minimum Gasteiger partial charge on any atom is -0.464 e. The number of carbonyl (C=O) groups excluding carboxylic acids is 1. The third kappa shape index (κ3) is 2.94. The highest BCUT2D eigenvalue weighted by Gasteiger charge is 2.19. The topological polar surface area (TPSA) is 106 Å². The van der Waals surface area contributed by atoms with Crippen LogP contribution in [0.1, 0.15) is 5.82 Å². The minimum atomic E-state index is -0.762. The fourth-order valence-corrected chi connectivity index (χ4v) is 1.93. The first-order valence-electron chi connectivity index (χ1n) is 6.16. The number of nitrogens with zero attached hydrogens (tertiary/aromatic N) is 2. The lowest BCUT2D eigenvalue weighted by Crippen LogP contribution is -2.26. The van der Waals surface area contributed by atoms with Crippen molar-refractivity contribution in [1.82, 2.24) is 14.7 Å². The first kappa shape index (κ1) is 15.6. The second-order valence-electron chi connectivity index (χ2n) is 4.28. The van der Waals surface area contributed by atoms with Gasteiger partial charge in [-0.2, -0.15) is 0 Å². The van der Waals surface area contributed by atoms with Crippen molar-refractivity contribution in [2.24, 2.45) is 5.73 Å². The normalized spacial score (nSPS) is 11.7. The predicted molar refractivity (Wildman–Crippen MR) is 84.2 cm³/mol. The number of halogens is 1. The summed E-state index contributed by atoms with van der Waals surface area (Å²) in [7, 11) is 1.20. The molecule has 0 amide bonds. The first-order chi connectivity index (χ1) is 10.5. The van der Waals surface area contributed by atoms with Crippen molar-refractivity contribution < 1.29 is 9.53 Å². The average Bonchev–Trinajstić information content (AvgIpc) is 2.95. The summed E-state index contributed by atoms with van der Waals surface area (Å²) in [5.41, 5.74) is 6.31. The Morgan fingerprint density at radius 2 is 2.27 bits per heavy atom. The van der Waals surface area contributed by atoms with Gasteiger partial charge >= 0.3 is 5.97 Å². The Morgan fingerprint density at radius 3 is 2.91 bits per heavy atom. The zero-order valence-electron chi connectivity index (χ0n) is 11.8. The van der Waals surface area contributed by atoms with Crippen molar-refractivity contribution in [2.45, 2.75) is 0 Å². The molecular weight excluding hydrogens is 306 g/mol. The molecule has 4 N–H and O–H groups in total. The lowest BCUT2D eigenvalue weighted by molar-refractivity contribution is -0.136. The van der Waals surface area contributed by atoms with Gasteiger partial charge in [0.05, 0.1) is 24.5 Å². The van der Waals surface area contributed by atoms with Gasteiger partial charge in [-0.25, -0.2) is 9.78 Å². The van der Waals surface area contributed by atoms with Gasteiger partial charge in [0.1, 0.15) is 16.6 Å². The second-order valence-corrected chi connectivity index (χ2v) is 4.65. The highest BCUT2D eigenvalue weighted by atomic mass is 35.5. The van der Waals surface area contributed by atoms with Crippen LogP contribution >= 0.6 is 11.6 Å². The summed E-state index contributed by atoms with van der Waals surface area (Å²) >= 11 is 5.88. The molecule has 2 aromatic heterocycles. The number of amidine groups is 1. The summed E-state index contributed by atoms with van der Waals surface area (Å²) in [4.78, 5) is 16.0. The number of rotatable bonds is 5. The molecule has 22 heavy (non-hydrogen) atoms. The number of carbonyl (C=O) groups is 1. The van der Waals surface area contributed by atoms with Gasteiger partial charge in [-0.15, -0.1) is 0 Å². The van der Waals surface area contributed by atoms with Crippen molar-refractivity contribution in [1.29, 1.82) is 5.41 Å². The largest absolute Gasteiger partial charge is 0.464 e. The SMILES string of the molecule is C=C(NC(C(=O)OC)=C(Cl)C(=N)N)c1ncc2ccccn12. The van der Waals surface area contributed by atoms with E-state index in [0.717, 1.165) is 5.52 Å². The highest BCUT2D eigenvalue weighted by molar-refractivity contribution is 6.44. The molecule has 0 atom stereocenters. The van der Waals surface area contributed by atoms with E-state index < -0.39 is 11.8 Å². The number of ether oxygens (including phenoxy) is 1. The zero-order valence-corrected chi connectivity index (χ0v) is 12.5. The standard InChI is InChI=1S/C14H14ClN5O2/c1-8(13-18-7-9-5-3-4-6-20(9)13)19-11(14(21)22-2)10(15)12(16)17/h3-7,19H,1H2,2H3,(H3,16,17). The van der Waals surface area contributed by atoms with Gasteiger partial charge in [0.25, 0.3) is 0 Å². The second kappa shape index (κ2) is 6.31. The van der Waals surface area contributed by atoms with Crippen LogP contribution in [0.25, 0.3) is 11.2 Å². The molecule has 2 rings (SSSR count). The molecule has 0 aliphatic carbocycles. The predicted octanol–water partition coefficient (Wildman–Crippen LogP) is 1.45. The summed E-state index contributed by atoms with van der Waals surface area (Å²) in [5.74, 6) is -0.734. The van der Waals surface area contributed by atoms with Gasteiger partial charge in [-0.1, -0.05) is 24.2 Å². The molecule has 114 valence electrons. The van der Waals surface area contributed by atoms with E-state index in [1.54, 1.807) is 16.8 Å². The van der Waals surface area contributed by atoms with Crippen LogP contribution in [0.2, 0.25) is 0 Å². The molecular formula is C14H14ClN5O2. The van der Waals surface area contributed by atoms with Gasteiger partial charge < -0.3 is 15.8 Å². The van der Waals surface area contributed by atoms with Gasteiger partial charge in [0, 0.05) is 6.20 Å². The summed E-state index contributed by atoms with van der Waals surface area (Å²) in [6.45, 7) is 3.84. The van der Waals surface area contributed by atoms with E-state index in [1.807, 2.05) is 18.2 Å². The number of fused-ring (bicyclic) bond motifs is 1. The number of aromatic nitrogens is 2. The molecule has 0 fully saturated rings. The fourth-order valence-electron chi connectivity index (χ4n) is 1.81. The Bertz CT molecular complexity index is 793. The number of esters is 1. The van der Waals surface area contributed by atoms with Gasteiger partial charge in [-0.3, -0.25) is 9.81 Å². The third-order valence-corrected chi connectivity index (χ3v) is 3.22. The van der Waals surface area contributed by atoms with Crippen molar-refractivity contribution in [2.75, 3.05) is 7.11 Å². The maximum atomic E-state index is 11.8. The summed E-state index contributed by atoms with van der Waals surface area (Å²) in [6, 6.07) is 5.60. The lowest BCUT2D eigenvalue weighted by Gasteiger charge is -2.12. The van der Waals surface area contributed by atoms with Gasteiger partial charge in [-0.05, 0) is 12.1 Å². The van der Waals surface area contributed by atoms with E-state index in [-0.39, 0.29) is 10.7 Å². The minimum absolute atomic E-state index is 0.172. The molecule has 0 aliphatic heterocycles. The zero-order chi connectivity index (χ0) is 16.3.